The average molecular weight is 876 g/mol. The van der Waals surface area contributed by atoms with Crippen molar-refractivity contribution in [1.82, 2.24) is 20.6 Å². The van der Waals surface area contributed by atoms with Crippen molar-refractivity contribution >= 4 is 50.9 Å². The molecule has 0 bridgehead atoms. The van der Waals surface area contributed by atoms with Crippen LogP contribution in [-0.2, 0) is 9.59 Å². The number of nitro groups is 1. The Morgan fingerprint density at radius 2 is 1.11 bits per heavy atom. The Balaban J connectivity index is 0.000000192. The minimum atomic E-state index is -0.859. The fourth-order valence-corrected chi connectivity index (χ4v) is 7.47. The van der Waals surface area contributed by atoms with Gasteiger partial charge in [0.2, 0.25) is 0 Å². The highest BCUT2D eigenvalue weighted by atomic mass is 35.5. The van der Waals surface area contributed by atoms with Gasteiger partial charge in [0, 0.05) is 51.4 Å². The number of nitrogens with one attached hydrogen (secondary N) is 2. The van der Waals surface area contributed by atoms with Crippen LogP contribution in [0.15, 0.2) is 158 Å². The van der Waals surface area contributed by atoms with Gasteiger partial charge in [-0.2, -0.15) is 0 Å². The van der Waals surface area contributed by atoms with Gasteiger partial charge in [0.1, 0.15) is 34.0 Å². The number of carbonyl (C=O) groups is 2. The predicted octanol–water partition coefficient (Wildman–Crippen LogP) is 9.63. The second-order valence-corrected chi connectivity index (χ2v) is 15.0. The van der Waals surface area contributed by atoms with Gasteiger partial charge in [-0.15, -0.1) is 0 Å². The van der Waals surface area contributed by atoms with Gasteiger partial charge in [-0.3, -0.25) is 29.7 Å². The van der Waals surface area contributed by atoms with Crippen molar-refractivity contribution in [3.63, 3.8) is 0 Å². The number of benzene rings is 6. The first-order valence-corrected chi connectivity index (χ1v) is 20.4. The molecule has 0 spiro atoms. The molecule has 0 aliphatic rings. The second-order valence-electron chi connectivity index (χ2n) is 14.6. The lowest BCUT2D eigenvalue weighted by molar-refractivity contribution is -0.384. The molecule has 14 heteroatoms. The number of nitro benzene ring substituents is 1. The zero-order chi connectivity index (χ0) is 45.2. The monoisotopic (exact) mass is 875 g/mol. The fourth-order valence-electron chi connectivity index (χ4n) is 7.22. The number of aromatic nitrogens is 2. The maximum atomic E-state index is 12.8. The molecule has 13 nitrogen and oxygen atoms in total. The summed E-state index contributed by atoms with van der Waals surface area (Å²) < 4.78 is 11.1. The number of hydrogen-bond donors (Lipinski definition) is 4. The molecule has 2 atom stereocenters. The first-order valence-electron chi connectivity index (χ1n) is 20.1. The Hall–Kier alpha value is -8.03. The second kappa shape index (κ2) is 20.2. The largest absolute Gasteiger partial charge is 0.505 e. The molecule has 0 fully saturated rings. The lowest BCUT2D eigenvalue weighted by Crippen LogP contribution is -2.33. The van der Waals surface area contributed by atoms with E-state index in [2.05, 4.69) is 20.6 Å². The number of ether oxygens (including phenoxy) is 2. The molecule has 2 aromatic heterocycles. The molecule has 322 valence electrons. The summed E-state index contributed by atoms with van der Waals surface area (Å²) in [6, 6.07) is 40.6. The summed E-state index contributed by atoms with van der Waals surface area (Å²) >= 11 is 6.46. The molecule has 0 aliphatic heterocycles. The van der Waals surface area contributed by atoms with E-state index in [1.165, 1.54) is 18.2 Å². The van der Waals surface area contributed by atoms with E-state index in [9.17, 15) is 29.9 Å². The van der Waals surface area contributed by atoms with E-state index in [0.29, 0.717) is 49.8 Å². The van der Waals surface area contributed by atoms with Crippen molar-refractivity contribution in [2.45, 2.75) is 25.9 Å². The van der Waals surface area contributed by atoms with Crippen molar-refractivity contribution in [2.24, 2.45) is 0 Å². The molecule has 8 rings (SSSR count). The van der Waals surface area contributed by atoms with Crippen LogP contribution in [-0.4, -0.2) is 50.1 Å². The first-order chi connectivity index (χ1) is 31.0. The minimum absolute atomic E-state index is 0.00963. The Morgan fingerprint density at radius 3 is 1.62 bits per heavy atom. The molecule has 2 amide bonds. The number of nitrogens with zero attached hydrogens (tertiary/aromatic N) is 3. The molecule has 0 aliphatic carbocycles. The van der Waals surface area contributed by atoms with Gasteiger partial charge < -0.3 is 30.3 Å². The number of aromatic hydroxyl groups is 2. The third kappa shape index (κ3) is 10.3. The highest BCUT2D eigenvalue weighted by Crippen LogP contribution is 2.39. The van der Waals surface area contributed by atoms with E-state index in [0.717, 1.165) is 21.9 Å². The molecular weight excluding hydrogens is 834 g/mol. The standard InChI is InChI=1S/C25H21ClN2O3.C25H21N3O5/c1-16-14-20(25(30)24-18(16)11-7-13-27-24)23(19-10-5-6-12-21(19)26)28-22(29)15-31-17-8-3-2-4-9-17;1-16-13-21(25(30)24-20(16)11-6-12-26-24)23(17-7-5-8-18(14-17)28(31)32)27-22(29)15-33-19-9-3-2-4-10-19/h2-14,23,30H,15H2,1H3,(H,28,29);2-14,23,30H,15H2,1H3,(H,27,29). The SMILES string of the molecule is Cc1cc(C(NC(=O)COc2ccccc2)c2cccc([N+](=O)[O-])c2)c(O)c2ncccc12.Cc1cc(C(NC(=O)COc2ccccc2)c2ccccc2Cl)c(O)c2ncccc12. The van der Waals surface area contributed by atoms with Crippen LogP contribution >= 0.6 is 11.6 Å². The van der Waals surface area contributed by atoms with Gasteiger partial charge in [-0.1, -0.05) is 90.5 Å². The topological polar surface area (TPSA) is 186 Å². The maximum Gasteiger partial charge on any atom is 0.269 e. The zero-order valence-corrected chi connectivity index (χ0v) is 35.4. The van der Waals surface area contributed by atoms with E-state index < -0.39 is 22.9 Å². The highest BCUT2D eigenvalue weighted by molar-refractivity contribution is 6.31. The maximum absolute atomic E-state index is 12.8. The van der Waals surface area contributed by atoms with E-state index in [-0.39, 0.29) is 36.3 Å². The van der Waals surface area contributed by atoms with Crippen molar-refractivity contribution < 1.29 is 34.2 Å². The summed E-state index contributed by atoms with van der Waals surface area (Å²) in [5.41, 5.74) is 4.53. The third-order valence-electron chi connectivity index (χ3n) is 10.3. The normalized spacial score (nSPS) is 11.7. The number of phenols is 2. The van der Waals surface area contributed by atoms with Crippen LogP contribution in [0, 0.1) is 24.0 Å². The van der Waals surface area contributed by atoms with Crippen LogP contribution in [0.2, 0.25) is 5.02 Å². The molecule has 4 N–H and O–H groups in total. The summed E-state index contributed by atoms with van der Waals surface area (Å²) in [6.45, 7) is 3.38. The average Bonchev–Trinajstić information content (AvgIpc) is 3.32. The Bertz CT molecular complexity index is 2950. The fraction of sp³-hybridized carbons (Fsp3) is 0.120. The van der Waals surface area contributed by atoms with Gasteiger partial charge in [-0.25, -0.2) is 0 Å². The van der Waals surface area contributed by atoms with Gasteiger partial charge in [0.05, 0.1) is 17.0 Å². The van der Waals surface area contributed by atoms with Crippen molar-refractivity contribution in [3.05, 3.63) is 207 Å². The van der Waals surface area contributed by atoms with Crippen LogP contribution in [0.3, 0.4) is 0 Å². The Labute approximate surface area is 373 Å². The Kier molecular flexibility index (Phi) is 13.9. The zero-order valence-electron chi connectivity index (χ0n) is 34.6. The summed E-state index contributed by atoms with van der Waals surface area (Å²) in [7, 11) is 0. The number of rotatable bonds is 13. The number of phenolic OH excluding ortho intramolecular Hbond substituents is 2. The number of pyridine rings is 2. The van der Waals surface area contributed by atoms with Crippen LogP contribution < -0.4 is 20.1 Å². The summed E-state index contributed by atoms with van der Waals surface area (Å²) in [4.78, 5) is 45.0. The highest BCUT2D eigenvalue weighted by Gasteiger charge is 2.26. The van der Waals surface area contributed by atoms with Crippen LogP contribution in [0.4, 0.5) is 5.69 Å². The number of amides is 2. The Morgan fingerprint density at radius 1 is 0.625 bits per heavy atom. The van der Waals surface area contributed by atoms with Gasteiger partial charge in [0.15, 0.2) is 13.2 Å². The van der Waals surface area contributed by atoms with Crippen molar-refractivity contribution in [3.8, 4) is 23.0 Å². The van der Waals surface area contributed by atoms with Gasteiger partial charge in [-0.05, 0) is 90.7 Å². The lowest BCUT2D eigenvalue weighted by Gasteiger charge is -2.23. The number of para-hydroxylation sites is 2. The van der Waals surface area contributed by atoms with Gasteiger partial charge in [0.25, 0.3) is 17.5 Å². The van der Waals surface area contributed by atoms with Crippen LogP contribution in [0.1, 0.15) is 45.5 Å². The third-order valence-corrected chi connectivity index (χ3v) is 10.6. The van der Waals surface area contributed by atoms with Crippen LogP contribution in [0.5, 0.6) is 23.0 Å². The quantitative estimate of drug-likeness (QED) is 0.0642. The molecular formula is C50H42ClN5O8. The smallest absolute Gasteiger partial charge is 0.269 e. The van der Waals surface area contributed by atoms with Crippen LogP contribution in [0.25, 0.3) is 21.8 Å². The molecule has 0 saturated heterocycles. The number of aryl methyl sites for hydroxylation is 2. The number of halogens is 1. The minimum Gasteiger partial charge on any atom is -0.505 e. The number of hydrogen-bond acceptors (Lipinski definition) is 10. The summed E-state index contributed by atoms with van der Waals surface area (Å²) in [6.07, 6.45) is 3.20. The molecule has 2 unspecified atom stereocenters. The number of fused-ring (bicyclic) bond motifs is 2. The summed E-state index contributed by atoms with van der Waals surface area (Å²) in [5, 5.41) is 41.3. The summed E-state index contributed by atoms with van der Waals surface area (Å²) in [5.74, 6) is 0.251. The van der Waals surface area contributed by atoms with E-state index in [4.69, 9.17) is 21.1 Å². The number of non-ortho nitro benzene ring substituents is 1. The van der Waals surface area contributed by atoms with E-state index >= 15 is 0 Å². The van der Waals surface area contributed by atoms with Crippen molar-refractivity contribution in [1.29, 1.82) is 0 Å². The van der Waals surface area contributed by atoms with Gasteiger partial charge >= 0.3 is 0 Å². The first kappa shape index (κ1) is 44.0. The lowest BCUT2D eigenvalue weighted by atomic mass is 9.93. The van der Waals surface area contributed by atoms with Crippen molar-refractivity contribution in [2.75, 3.05) is 13.2 Å². The molecule has 0 radical (unpaired) electrons. The molecule has 8 aromatic rings. The molecule has 0 saturated carbocycles. The molecule has 64 heavy (non-hydrogen) atoms. The van der Waals surface area contributed by atoms with E-state index in [1.54, 1.807) is 73.1 Å². The van der Waals surface area contributed by atoms with E-state index in [1.807, 2.05) is 80.6 Å². The predicted molar refractivity (Wildman–Crippen MR) is 245 cm³/mol. The number of carbonyl (C=O) groups excluding carboxylic acids is 2. The molecule has 6 aromatic carbocycles. The molecule has 2 heterocycles.